The number of carbonyl (C=O) groups is 1. The van der Waals surface area contributed by atoms with Gasteiger partial charge >= 0.3 is 0 Å². The monoisotopic (exact) mass is 252 g/mol. The molecule has 0 radical (unpaired) electrons. The van der Waals surface area contributed by atoms with Crippen LogP contribution in [0.15, 0.2) is 48.5 Å². The van der Waals surface area contributed by atoms with Crippen LogP contribution in [0.4, 0.5) is 0 Å². The Labute approximate surface area is 115 Å². The van der Waals surface area contributed by atoms with Gasteiger partial charge in [0.1, 0.15) is 5.78 Å². The van der Waals surface area contributed by atoms with Crippen LogP contribution >= 0.6 is 0 Å². The molecule has 0 aromatic heterocycles. The average molecular weight is 252 g/mol. The standard InChI is InChI=1S/C18H20O/c1-13-5-9-16(10-6-13)18(4,15(3)19)17-11-7-14(2)8-12-17/h5-12H,1-4H3. The van der Waals surface area contributed by atoms with Crippen molar-refractivity contribution in [2.24, 2.45) is 0 Å². The molecule has 0 saturated carbocycles. The predicted molar refractivity (Wildman–Crippen MR) is 79.5 cm³/mol. The van der Waals surface area contributed by atoms with Gasteiger partial charge in [-0.15, -0.1) is 0 Å². The first-order valence-corrected chi connectivity index (χ1v) is 6.60. The quantitative estimate of drug-likeness (QED) is 0.800. The minimum Gasteiger partial charge on any atom is -0.299 e. The van der Waals surface area contributed by atoms with Crippen LogP contribution in [-0.2, 0) is 10.2 Å². The molecule has 2 rings (SSSR count). The van der Waals surface area contributed by atoms with Gasteiger partial charge in [0.2, 0.25) is 0 Å². The molecular weight excluding hydrogens is 232 g/mol. The van der Waals surface area contributed by atoms with Crippen molar-refractivity contribution >= 4 is 5.78 Å². The number of hydrogen-bond acceptors (Lipinski definition) is 1. The van der Waals surface area contributed by atoms with Gasteiger partial charge in [-0.1, -0.05) is 59.7 Å². The van der Waals surface area contributed by atoms with Gasteiger partial charge in [-0.2, -0.15) is 0 Å². The molecule has 2 aromatic carbocycles. The van der Waals surface area contributed by atoms with E-state index in [0.29, 0.717) is 0 Å². The van der Waals surface area contributed by atoms with E-state index in [1.54, 1.807) is 6.92 Å². The van der Waals surface area contributed by atoms with Crippen LogP contribution in [0.2, 0.25) is 0 Å². The largest absolute Gasteiger partial charge is 0.299 e. The van der Waals surface area contributed by atoms with Crippen LogP contribution in [-0.4, -0.2) is 5.78 Å². The Hall–Kier alpha value is -1.89. The van der Waals surface area contributed by atoms with Gasteiger partial charge in [0.25, 0.3) is 0 Å². The second kappa shape index (κ2) is 5.00. The van der Waals surface area contributed by atoms with E-state index in [-0.39, 0.29) is 5.78 Å². The van der Waals surface area contributed by atoms with Crippen LogP contribution in [0.5, 0.6) is 0 Å². The zero-order chi connectivity index (χ0) is 14.0. The molecule has 0 amide bonds. The van der Waals surface area contributed by atoms with E-state index in [0.717, 1.165) is 11.1 Å². The summed E-state index contributed by atoms with van der Waals surface area (Å²) in [5.74, 6) is 0.167. The van der Waals surface area contributed by atoms with Crippen molar-refractivity contribution in [1.82, 2.24) is 0 Å². The van der Waals surface area contributed by atoms with E-state index >= 15 is 0 Å². The maximum Gasteiger partial charge on any atom is 0.144 e. The molecule has 0 heterocycles. The Balaban J connectivity index is 2.57. The van der Waals surface area contributed by atoms with E-state index in [2.05, 4.69) is 62.4 Å². The summed E-state index contributed by atoms with van der Waals surface area (Å²) < 4.78 is 0. The molecule has 19 heavy (non-hydrogen) atoms. The first kappa shape index (κ1) is 13.5. The van der Waals surface area contributed by atoms with Crippen molar-refractivity contribution < 1.29 is 4.79 Å². The Bertz CT molecular complexity index is 531. The number of Topliss-reactive ketones (excluding diaryl/α,β-unsaturated/α-hetero) is 1. The zero-order valence-electron chi connectivity index (χ0n) is 12.0. The smallest absolute Gasteiger partial charge is 0.144 e. The highest BCUT2D eigenvalue weighted by atomic mass is 16.1. The molecule has 1 nitrogen and oxygen atoms in total. The third kappa shape index (κ3) is 2.46. The van der Waals surface area contributed by atoms with Gasteiger partial charge in [-0.3, -0.25) is 4.79 Å². The zero-order valence-corrected chi connectivity index (χ0v) is 12.0. The highest BCUT2D eigenvalue weighted by Crippen LogP contribution is 2.33. The summed E-state index contributed by atoms with van der Waals surface area (Å²) in [5.41, 5.74) is 3.95. The summed E-state index contributed by atoms with van der Waals surface area (Å²) in [5, 5.41) is 0. The molecular formula is C18H20O. The molecule has 0 atom stereocenters. The third-order valence-corrected chi connectivity index (χ3v) is 3.96. The van der Waals surface area contributed by atoms with Crippen molar-refractivity contribution in [1.29, 1.82) is 0 Å². The number of aryl methyl sites for hydroxylation is 2. The fraction of sp³-hybridized carbons (Fsp3) is 0.278. The number of hydrogen-bond donors (Lipinski definition) is 0. The van der Waals surface area contributed by atoms with Crippen molar-refractivity contribution in [2.75, 3.05) is 0 Å². The molecule has 0 aliphatic heterocycles. The number of rotatable bonds is 3. The van der Waals surface area contributed by atoms with Crippen LogP contribution in [0.25, 0.3) is 0 Å². The Morgan fingerprint density at radius 2 is 1.11 bits per heavy atom. The van der Waals surface area contributed by atoms with Gasteiger partial charge in [0.05, 0.1) is 5.41 Å². The fourth-order valence-corrected chi connectivity index (χ4v) is 2.35. The third-order valence-electron chi connectivity index (χ3n) is 3.96. The maximum absolute atomic E-state index is 12.2. The molecule has 0 N–H and O–H groups in total. The summed E-state index contributed by atoms with van der Waals surface area (Å²) in [4.78, 5) is 12.2. The fourth-order valence-electron chi connectivity index (χ4n) is 2.35. The summed E-state index contributed by atoms with van der Waals surface area (Å²) in [7, 11) is 0. The molecule has 0 unspecified atom stereocenters. The molecule has 0 spiro atoms. The normalized spacial score (nSPS) is 11.4. The van der Waals surface area contributed by atoms with Crippen molar-refractivity contribution in [2.45, 2.75) is 33.1 Å². The van der Waals surface area contributed by atoms with Crippen LogP contribution in [0.1, 0.15) is 36.1 Å². The second-order valence-corrected chi connectivity index (χ2v) is 5.41. The molecule has 0 fully saturated rings. The average Bonchev–Trinajstić information content (AvgIpc) is 2.39. The van der Waals surface area contributed by atoms with Crippen LogP contribution in [0.3, 0.4) is 0 Å². The molecule has 0 aliphatic rings. The van der Waals surface area contributed by atoms with Gasteiger partial charge in [-0.05, 0) is 38.8 Å². The van der Waals surface area contributed by atoms with Crippen molar-refractivity contribution in [3.63, 3.8) is 0 Å². The van der Waals surface area contributed by atoms with Gasteiger partial charge in [0.15, 0.2) is 0 Å². The van der Waals surface area contributed by atoms with Crippen molar-refractivity contribution in [3.8, 4) is 0 Å². The number of ketones is 1. The molecule has 98 valence electrons. The summed E-state index contributed by atoms with van der Waals surface area (Å²) >= 11 is 0. The van der Waals surface area contributed by atoms with Crippen LogP contribution < -0.4 is 0 Å². The highest BCUT2D eigenvalue weighted by Gasteiger charge is 2.33. The Morgan fingerprint density at radius 3 is 1.37 bits per heavy atom. The highest BCUT2D eigenvalue weighted by molar-refractivity contribution is 5.91. The molecule has 0 bridgehead atoms. The van der Waals surface area contributed by atoms with E-state index in [9.17, 15) is 4.79 Å². The van der Waals surface area contributed by atoms with E-state index in [1.165, 1.54) is 11.1 Å². The molecule has 0 aliphatic carbocycles. The summed E-state index contributed by atoms with van der Waals surface area (Å²) in [6.07, 6.45) is 0. The number of carbonyl (C=O) groups excluding carboxylic acids is 1. The Morgan fingerprint density at radius 1 is 0.789 bits per heavy atom. The molecule has 1 heteroatoms. The Kier molecular flexibility index (Phi) is 3.57. The van der Waals surface area contributed by atoms with Gasteiger partial charge in [-0.25, -0.2) is 0 Å². The minimum absolute atomic E-state index is 0.167. The van der Waals surface area contributed by atoms with Gasteiger partial charge < -0.3 is 0 Å². The lowest BCUT2D eigenvalue weighted by Gasteiger charge is -2.28. The first-order valence-electron chi connectivity index (χ1n) is 6.60. The SMILES string of the molecule is CC(=O)C(C)(c1ccc(C)cc1)c1ccc(C)cc1. The van der Waals surface area contributed by atoms with E-state index in [4.69, 9.17) is 0 Å². The summed E-state index contributed by atoms with van der Waals surface area (Å²) in [6.45, 7) is 7.78. The van der Waals surface area contributed by atoms with Crippen LogP contribution in [0, 0.1) is 13.8 Å². The maximum atomic E-state index is 12.2. The van der Waals surface area contributed by atoms with Gasteiger partial charge in [0, 0.05) is 0 Å². The van der Waals surface area contributed by atoms with Crippen molar-refractivity contribution in [3.05, 3.63) is 70.8 Å². The molecule has 2 aromatic rings. The lowest BCUT2D eigenvalue weighted by Crippen LogP contribution is -2.31. The first-order chi connectivity index (χ1) is 8.94. The summed E-state index contributed by atoms with van der Waals surface area (Å²) in [6, 6.07) is 16.4. The predicted octanol–water partition coefficient (Wildman–Crippen LogP) is 4.20. The lowest BCUT2D eigenvalue weighted by atomic mass is 9.73. The molecule has 0 saturated heterocycles. The topological polar surface area (TPSA) is 17.1 Å². The lowest BCUT2D eigenvalue weighted by molar-refractivity contribution is -0.120. The second-order valence-electron chi connectivity index (χ2n) is 5.41. The van der Waals surface area contributed by atoms with E-state index < -0.39 is 5.41 Å². The number of benzene rings is 2. The minimum atomic E-state index is -0.568. The van der Waals surface area contributed by atoms with E-state index in [1.807, 2.05) is 6.92 Å².